The molecule has 0 aliphatic heterocycles. The number of aromatic nitrogens is 3. The second-order valence-electron chi connectivity index (χ2n) is 5.14. The summed E-state index contributed by atoms with van der Waals surface area (Å²) in [6.45, 7) is 5.61. The number of nitrogens with one attached hydrogen (secondary N) is 1. The van der Waals surface area contributed by atoms with Gasteiger partial charge in [-0.15, -0.1) is 0 Å². The number of hydrogen-bond acceptors (Lipinski definition) is 6. The van der Waals surface area contributed by atoms with Crippen LogP contribution in [0.3, 0.4) is 0 Å². The molecule has 1 aliphatic carbocycles. The number of ether oxygens (including phenoxy) is 1. The molecule has 3 N–H and O–H groups in total. The zero-order chi connectivity index (χ0) is 13.7. The van der Waals surface area contributed by atoms with Gasteiger partial charge in [0.1, 0.15) is 0 Å². The van der Waals surface area contributed by atoms with Gasteiger partial charge in [0.2, 0.25) is 11.9 Å². The Balaban J connectivity index is 1.94. The van der Waals surface area contributed by atoms with Gasteiger partial charge in [0.15, 0.2) is 0 Å². The van der Waals surface area contributed by atoms with E-state index in [9.17, 15) is 0 Å². The molecule has 0 saturated heterocycles. The van der Waals surface area contributed by atoms with Crippen LogP contribution in [0.4, 0.5) is 11.9 Å². The Hall–Kier alpha value is -1.59. The molecular formula is C13H23N5O. The first-order chi connectivity index (χ1) is 9.19. The summed E-state index contributed by atoms with van der Waals surface area (Å²) in [6.07, 6.45) is 5.26. The van der Waals surface area contributed by atoms with Gasteiger partial charge >= 0.3 is 6.01 Å². The number of nitrogen functional groups attached to an aromatic ring is 1. The first-order valence-corrected chi connectivity index (χ1v) is 7.07. The average molecular weight is 265 g/mol. The van der Waals surface area contributed by atoms with Crippen molar-refractivity contribution >= 4 is 11.9 Å². The lowest BCUT2D eigenvalue weighted by Gasteiger charge is -2.28. The molecule has 1 aromatic heterocycles. The Kier molecular flexibility index (Phi) is 4.76. The van der Waals surface area contributed by atoms with E-state index < -0.39 is 0 Å². The van der Waals surface area contributed by atoms with Crippen LogP contribution in [0.2, 0.25) is 0 Å². The summed E-state index contributed by atoms with van der Waals surface area (Å²) < 4.78 is 5.26. The van der Waals surface area contributed by atoms with E-state index in [0.717, 1.165) is 12.5 Å². The number of nitrogens with two attached hydrogens (primary N) is 1. The third-order valence-corrected chi connectivity index (χ3v) is 3.72. The lowest BCUT2D eigenvalue weighted by molar-refractivity contribution is 0.268. The summed E-state index contributed by atoms with van der Waals surface area (Å²) >= 11 is 0. The molecule has 6 heteroatoms. The zero-order valence-electron chi connectivity index (χ0n) is 11.7. The number of rotatable bonds is 5. The van der Waals surface area contributed by atoms with Crippen molar-refractivity contribution in [3.8, 4) is 6.01 Å². The molecule has 1 aromatic rings. The fourth-order valence-electron chi connectivity index (χ4n) is 2.56. The Morgan fingerprint density at radius 1 is 1.26 bits per heavy atom. The SMILES string of the molecule is CCOc1nc(N)nc(NCC2CCCCC2C)n1. The molecule has 0 radical (unpaired) electrons. The minimum Gasteiger partial charge on any atom is -0.464 e. The second kappa shape index (κ2) is 6.54. The van der Waals surface area contributed by atoms with Gasteiger partial charge in [-0.25, -0.2) is 0 Å². The average Bonchev–Trinajstić information content (AvgIpc) is 2.37. The van der Waals surface area contributed by atoms with Crippen LogP contribution in [-0.4, -0.2) is 28.1 Å². The Labute approximate surface area is 114 Å². The predicted molar refractivity (Wildman–Crippen MR) is 75.0 cm³/mol. The molecule has 1 fully saturated rings. The normalized spacial score (nSPS) is 23.1. The molecule has 6 nitrogen and oxygen atoms in total. The van der Waals surface area contributed by atoms with E-state index in [1.54, 1.807) is 0 Å². The van der Waals surface area contributed by atoms with Crippen molar-refractivity contribution in [3.05, 3.63) is 0 Å². The smallest absolute Gasteiger partial charge is 0.323 e. The highest BCUT2D eigenvalue weighted by Gasteiger charge is 2.21. The number of anilines is 2. The van der Waals surface area contributed by atoms with Crippen LogP contribution < -0.4 is 15.8 Å². The lowest BCUT2D eigenvalue weighted by atomic mass is 9.80. The van der Waals surface area contributed by atoms with Gasteiger partial charge < -0.3 is 15.8 Å². The zero-order valence-corrected chi connectivity index (χ0v) is 11.7. The van der Waals surface area contributed by atoms with Crippen molar-refractivity contribution in [2.75, 3.05) is 24.2 Å². The van der Waals surface area contributed by atoms with Crippen LogP contribution in [-0.2, 0) is 0 Å². The van der Waals surface area contributed by atoms with Crippen molar-refractivity contribution < 1.29 is 4.74 Å². The maximum Gasteiger partial charge on any atom is 0.323 e. The van der Waals surface area contributed by atoms with Gasteiger partial charge in [0.05, 0.1) is 6.61 Å². The molecule has 1 aliphatic rings. The lowest BCUT2D eigenvalue weighted by Crippen LogP contribution is -2.25. The molecule has 2 atom stereocenters. The fraction of sp³-hybridized carbons (Fsp3) is 0.769. The molecule has 2 unspecified atom stereocenters. The van der Waals surface area contributed by atoms with Crippen molar-refractivity contribution in [1.29, 1.82) is 0 Å². The Bertz CT molecular complexity index is 412. The maximum atomic E-state index is 5.64. The number of nitrogens with zero attached hydrogens (tertiary/aromatic N) is 3. The predicted octanol–water partition coefficient (Wildman–Crippen LogP) is 2.09. The monoisotopic (exact) mass is 265 g/mol. The largest absolute Gasteiger partial charge is 0.464 e. The summed E-state index contributed by atoms with van der Waals surface area (Å²) in [6, 6.07) is 0.286. The summed E-state index contributed by atoms with van der Waals surface area (Å²) in [5.74, 6) is 2.14. The van der Waals surface area contributed by atoms with Gasteiger partial charge in [-0.2, -0.15) is 15.0 Å². The van der Waals surface area contributed by atoms with Crippen molar-refractivity contribution in [2.24, 2.45) is 11.8 Å². The van der Waals surface area contributed by atoms with Crippen molar-refractivity contribution in [2.45, 2.75) is 39.5 Å². The Morgan fingerprint density at radius 3 is 2.79 bits per heavy atom. The van der Waals surface area contributed by atoms with Gasteiger partial charge in [0.25, 0.3) is 0 Å². The minimum atomic E-state index is 0.192. The highest BCUT2D eigenvalue weighted by molar-refractivity contribution is 5.32. The van der Waals surface area contributed by atoms with Crippen LogP contribution in [0, 0.1) is 11.8 Å². The van der Waals surface area contributed by atoms with Gasteiger partial charge in [-0.1, -0.05) is 26.2 Å². The minimum absolute atomic E-state index is 0.192. The first kappa shape index (κ1) is 13.8. The van der Waals surface area contributed by atoms with Crippen molar-refractivity contribution in [1.82, 2.24) is 15.0 Å². The van der Waals surface area contributed by atoms with E-state index in [0.29, 0.717) is 18.5 Å². The standard InChI is InChI=1S/C13H23N5O/c1-3-19-13-17-11(14)16-12(18-13)15-8-10-7-5-4-6-9(10)2/h9-10H,3-8H2,1-2H3,(H3,14,15,16,17,18). The number of hydrogen-bond donors (Lipinski definition) is 2. The van der Waals surface area contributed by atoms with E-state index in [1.165, 1.54) is 25.7 Å². The molecular weight excluding hydrogens is 242 g/mol. The summed E-state index contributed by atoms with van der Waals surface area (Å²) in [7, 11) is 0. The van der Waals surface area contributed by atoms with E-state index in [-0.39, 0.29) is 12.0 Å². The molecule has 1 heterocycles. The van der Waals surface area contributed by atoms with E-state index >= 15 is 0 Å². The molecule has 0 bridgehead atoms. The van der Waals surface area contributed by atoms with Crippen LogP contribution in [0.15, 0.2) is 0 Å². The topological polar surface area (TPSA) is 86.0 Å². The van der Waals surface area contributed by atoms with Crippen LogP contribution in [0.25, 0.3) is 0 Å². The quantitative estimate of drug-likeness (QED) is 0.847. The molecule has 0 aromatic carbocycles. The van der Waals surface area contributed by atoms with Gasteiger partial charge in [-0.3, -0.25) is 0 Å². The van der Waals surface area contributed by atoms with Crippen molar-refractivity contribution in [3.63, 3.8) is 0 Å². The van der Waals surface area contributed by atoms with Gasteiger partial charge in [0, 0.05) is 6.54 Å². The van der Waals surface area contributed by atoms with Crippen LogP contribution in [0.5, 0.6) is 6.01 Å². The first-order valence-electron chi connectivity index (χ1n) is 7.07. The van der Waals surface area contributed by atoms with E-state index in [2.05, 4.69) is 27.2 Å². The fourth-order valence-corrected chi connectivity index (χ4v) is 2.56. The third-order valence-electron chi connectivity index (χ3n) is 3.72. The second-order valence-corrected chi connectivity index (χ2v) is 5.14. The molecule has 0 spiro atoms. The van der Waals surface area contributed by atoms with Crippen LogP contribution >= 0.6 is 0 Å². The Morgan fingerprint density at radius 2 is 2.05 bits per heavy atom. The van der Waals surface area contributed by atoms with E-state index in [1.807, 2.05) is 6.92 Å². The third kappa shape index (κ3) is 3.94. The molecule has 2 rings (SSSR count). The highest BCUT2D eigenvalue weighted by Crippen LogP contribution is 2.29. The summed E-state index contributed by atoms with van der Waals surface area (Å²) in [4.78, 5) is 12.2. The van der Waals surface area contributed by atoms with E-state index in [4.69, 9.17) is 10.5 Å². The molecule has 0 amide bonds. The molecule has 1 saturated carbocycles. The molecule has 19 heavy (non-hydrogen) atoms. The summed E-state index contributed by atoms with van der Waals surface area (Å²) in [5, 5.41) is 3.26. The maximum absolute atomic E-state index is 5.64. The van der Waals surface area contributed by atoms with Gasteiger partial charge in [-0.05, 0) is 25.2 Å². The van der Waals surface area contributed by atoms with Crippen LogP contribution in [0.1, 0.15) is 39.5 Å². The molecule has 106 valence electrons. The highest BCUT2D eigenvalue weighted by atomic mass is 16.5. The summed E-state index contributed by atoms with van der Waals surface area (Å²) in [5.41, 5.74) is 5.64.